The van der Waals surface area contributed by atoms with Gasteiger partial charge < -0.3 is 9.42 Å². The van der Waals surface area contributed by atoms with Gasteiger partial charge in [-0.3, -0.25) is 4.79 Å². The molecule has 2 aromatic rings. The molecule has 4 heteroatoms. The van der Waals surface area contributed by atoms with Crippen molar-refractivity contribution in [3.05, 3.63) is 42.1 Å². The van der Waals surface area contributed by atoms with Crippen LogP contribution in [0.25, 0.3) is 11.3 Å². The molecule has 1 saturated carbocycles. The van der Waals surface area contributed by atoms with Gasteiger partial charge in [-0.1, -0.05) is 56.3 Å². The number of fused-ring (bicyclic) bond motifs is 2. The quantitative estimate of drug-likeness (QED) is 0.823. The largest absolute Gasteiger partial charge is 0.355 e. The zero-order chi connectivity index (χ0) is 16.9. The van der Waals surface area contributed by atoms with Crippen molar-refractivity contribution < 1.29 is 9.32 Å². The minimum absolute atomic E-state index is 0.00681. The van der Waals surface area contributed by atoms with Crippen molar-refractivity contribution in [3.63, 3.8) is 0 Å². The maximum absolute atomic E-state index is 13.0. The van der Waals surface area contributed by atoms with Crippen molar-refractivity contribution in [1.82, 2.24) is 10.1 Å². The van der Waals surface area contributed by atoms with E-state index in [1.165, 1.54) is 6.42 Å². The molecule has 0 spiro atoms. The fourth-order valence-corrected chi connectivity index (χ4v) is 4.96. The fraction of sp³-hybridized carbons (Fsp3) is 0.500. The number of hydrogen-bond donors (Lipinski definition) is 0. The lowest BCUT2D eigenvalue weighted by Gasteiger charge is -2.39. The van der Waals surface area contributed by atoms with E-state index in [9.17, 15) is 4.79 Å². The number of aromatic nitrogens is 1. The van der Waals surface area contributed by atoms with E-state index in [-0.39, 0.29) is 11.3 Å². The first-order chi connectivity index (χ1) is 11.4. The maximum Gasteiger partial charge on any atom is 0.276 e. The Morgan fingerprint density at radius 2 is 1.96 bits per heavy atom. The number of benzene rings is 1. The molecule has 0 N–H and O–H groups in total. The third-order valence-corrected chi connectivity index (χ3v) is 5.46. The standard InChI is InChI=1S/C20H24N2O2/c1-19(2)10-15-11-20(3,12-19)13-22(15)18(23)16-9-17(24-21-16)14-7-5-4-6-8-14/h4-9,15H,10-13H2,1-3H3/t15-,20+/m1/s1. The van der Waals surface area contributed by atoms with Gasteiger partial charge in [0.1, 0.15) is 0 Å². The smallest absolute Gasteiger partial charge is 0.276 e. The van der Waals surface area contributed by atoms with Crippen LogP contribution in [0.1, 0.15) is 50.5 Å². The van der Waals surface area contributed by atoms with E-state index >= 15 is 0 Å². The van der Waals surface area contributed by atoms with Gasteiger partial charge in [0.05, 0.1) is 0 Å². The number of amides is 1. The zero-order valence-corrected chi connectivity index (χ0v) is 14.6. The summed E-state index contributed by atoms with van der Waals surface area (Å²) in [5, 5.41) is 4.04. The van der Waals surface area contributed by atoms with E-state index in [0.717, 1.165) is 24.9 Å². The lowest BCUT2D eigenvalue weighted by Crippen LogP contribution is -2.37. The first kappa shape index (κ1) is 15.4. The average Bonchev–Trinajstić information content (AvgIpc) is 3.09. The number of nitrogens with zero attached hydrogens (tertiary/aromatic N) is 2. The Hall–Kier alpha value is -2.10. The molecular weight excluding hydrogens is 300 g/mol. The van der Waals surface area contributed by atoms with E-state index in [0.29, 0.717) is 22.9 Å². The van der Waals surface area contributed by atoms with Crippen molar-refractivity contribution >= 4 is 5.91 Å². The Bertz CT molecular complexity index is 765. The van der Waals surface area contributed by atoms with Crippen molar-refractivity contribution in [2.24, 2.45) is 10.8 Å². The molecule has 4 nitrogen and oxygen atoms in total. The van der Waals surface area contributed by atoms with Gasteiger partial charge in [0.15, 0.2) is 11.5 Å². The first-order valence-corrected chi connectivity index (χ1v) is 8.68. The molecule has 2 bridgehead atoms. The molecule has 1 saturated heterocycles. The third-order valence-electron chi connectivity index (χ3n) is 5.46. The summed E-state index contributed by atoms with van der Waals surface area (Å²) in [6.07, 6.45) is 3.34. The van der Waals surface area contributed by atoms with E-state index in [4.69, 9.17) is 4.52 Å². The Balaban J connectivity index is 1.58. The van der Waals surface area contributed by atoms with Gasteiger partial charge in [-0.2, -0.15) is 0 Å². The van der Waals surface area contributed by atoms with Crippen LogP contribution in [0.2, 0.25) is 0 Å². The summed E-state index contributed by atoms with van der Waals surface area (Å²) < 4.78 is 5.41. The zero-order valence-electron chi connectivity index (χ0n) is 14.6. The van der Waals surface area contributed by atoms with E-state index in [2.05, 4.69) is 25.9 Å². The van der Waals surface area contributed by atoms with Crippen LogP contribution in [0.3, 0.4) is 0 Å². The second-order valence-corrected chi connectivity index (χ2v) is 8.59. The Morgan fingerprint density at radius 3 is 2.71 bits per heavy atom. The van der Waals surface area contributed by atoms with Crippen LogP contribution in [0.4, 0.5) is 0 Å². The average molecular weight is 324 g/mol. The highest BCUT2D eigenvalue weighted by molar-refractivity contribution is 5.93. The molecular formula is C20H24N2O2. The van der Waals surface area contributed by atoms with Gasteiger partial charge in [-0.05, 0) is 30.1 Å². The number of carbonyl (C=O) groups excluding carboxylic acids is 1. The summed E-state index contributed by atoms with van der Waals surface area (Å²) in [5.74, 6) is 0.653. The molecule has 1 aliphatic heterocycles. The van der Waals surface area contributed by atoms with Crippen LogP contribution in [-0.4, -0.2) is 28.6 Å². The Morgan fingerprint density at radius 1 is 1.21 bits per heavy atom. The van der Waals surface area contributed by atoms with Crippen LogP contribution < -0.4 is 0 Å². The van der Waals surface area contributed by atoms with Gasteiger partial charge in [-0.15, -0.1) is 0 Å². The first-order valence-electron chi connectivity index (χ1n) is 8.68. The minimum atomic E-state index is 0.00681. The fourth-order valence-electron chi connectivity index (χ4n) is 4.96. The molecule has 2 aliphatic rings. The summed E-state index contributed by atoms with van der Waals surface area (Å²) >= 11 is 0. The monoisotopic (exact) mass is 324 g/mol. The Labute approximate surface area is 142 Å². The molecule has 1 aliphatic carbocycles. The normalized spacial score (nSPS) is 28.1. The van der Waals surface area contributed by atoms with Crippen LogP contribution >= 0.6 is 0 Å². The Kier molecular flexibility index (Phi) is 3.34. The molecule has 126 valence electrons. The number of hydrogen-bond acceptors (Lipinski definition) is 3. The van der Waals surface area contributed by atoms with Gasteiger partial charge in [0, 0.05) is 24.2 Å². The summed E-state index contributed by atoms with van der Waals surface area (Å²) in [4.78, 5) is 15.0. The van der Waals surface area contributed by atoms with E-state index in [1.807, 2.05) is 35.2 Å². The molecule has 1 aromatic heterocycles. The van der Waals surface area contributed by atoms with Gasteiger partial charge in [0.25, 0.3) is 5.91 Å². The topological polar surface area (TPSA) is 46.3 Å². The van der Waals surface area contributed by atoms with Crippen LogP contribution in [0.15, 0.2) is 40.9 Å². The van der Waals surface area contributed by atoms with E-state index < -0.39 is 0 Å². The highest BCUT2D eigenvalue weighted by Gasteiger charge is 2.51. The lowest BCUT2D eigenvalue weighted by atomic mass is 9.65. The van der Waals surface area contributed by atoms with Crippen LogP contribution in [-0.2, 0) is 0 Å². The van der Waals surface area contributed by atoms with Crippen molar-refractivity contribution in [2.45, 2.75) is 46.1 Å². The van der Waals surface area contributed by atoms with Crippen molar-refractivity contribution in [1.29, 1.82) is 0 Å². The summed E-state index contributed by atoms with van der Waals surface area (Å²) in [6.45, 7) is 7.77. The van der Waals surface area contributed by atoms with Crippen LogP contribution in [0, 0.1) is 10.8 Å². The predicted octanol–water partition coefficient (Wildman–Crippen LogP) is 4.38. The number of carbonyl (C=O) groups is 1. The molecule has 0 radical (unpaired) electrons. The van der Waals surface area contributed by atoms with Gasteiger partial charge in [-0.25, -0.2) is 0 Å². The summed E-state index contributed by atoms with van der Waals surface area (Å²) in [7, 11) is 0. The second-order valence-electron chi connectivity index (χ2n) is 8.59. The molecule has 24 heavy (non-hydrogen) atoms. The maximum atomic E-state index is 13.0. The summed E-state index contributed by atoms with van der Waals surface area (Å²) in [6, 6.07) is 11.9. The molecule has 1 amide bonds. The number of likely N-dealkylation sites (tertiary alicyclic amines) is 1. The molecule has 4 rings (SSSR count). The second kappa shape index (κ2) is 5.20. The lowest BCUT2D eigenvalue weighted by molar-refractivity contribution is 0.0698. The molecule has 0 unspecified atom stereocenters. The van der Waals surface area contributed by atoms with Crippen molar-refractivity contribution in [2.75, 3.05) is 6.54 Å². The van der Waals surface area contributed by atoms with E-state index in [1.54, 1.807) is 6.07 Å². The highest BCUT2D eigenvalue weighted by Crippen LogP contribution is 2.52. The predicted molar refractivity (Wildman–Crippen MR) is 92.5 cm³/mol. The molecule has 2 heterocycles. The SMILES string of the molecule is CC1(C)C[C@@H]2C[C@](C)(CN2C(=O)c2cc(-c3ccccc3)on2)C1. The highest BCUT2D eigenvalue weighted by atomic mass is 16.5. The van der Waals surface area contributed by atoms with Crippen molar-refractivity contribution in [3.8, 4) is 11.3 Å². The van der Waals surface area contributed by atoms with Crippen LogP contribution in [0.5, 0.6) is 0 Å². The van der Waals surface area contributed by atoms with Gasteiger partial charge >= 0.3 is 0 Å². The molecule has 1 aromatic carbocycles. The third kappa shape index (κ3) is 2.64. The van der Waals surface area contributed by atoms with Gasteiger partial charge in [0.2, 0.25) is 0 Å². The molecule has 2 atom stereocenters. The minimum Gasteiger partial charge on any atom is -0.355 e. The number of rotatable bonds is 2. The molecule has 2 fully saturated rings. The summed E-state index contributed by atoms with van der Waals surface area (Å²) in [5.41, 5.74) is 1.89.